The van der Waals surface area contributed by atoms with Crippen molar-refractivity contribution in [1.29, 1.82) is 0 Å². The van der Waals surface area contributed by atoms with Crippen LogP contribution in [0.1, 0.15) is 43.9 Å². The molecule has 20 heavy (non-hydrogen) atoms. The summed E-state index contributed by atoms with van der Waals surface area (Å²) in [7, 11) is 1.95. The van der Waals surface area contributed by atoms with Gasteiger partial charge in [0, 0.05) is 31.2 Å². The molecule has 2 aromatic rings. The van der Waals surface area contributed by atoms with Crippen LogP contribution in [-0.2, 0) is 13.6 Å². The van der Waals surface area contributed by atoms with Crippen LogP contribution in [0.2, 0.25) is 0 Å². The molecule has 1 saturated carbocycles. The fourth-order valence-electron chi connectivity index (χ4n) is 3.17. The lowest BCUT2D eigenvalue weighted by molar-refractivity contribution is 0.306. The van der Waals surface area contributed by atoms with E-state index in [2.05, 4.69) is 28.4 Å². The zero-order valence-corrected chi connectivity index (χ0v) is 12.7. The van der Waals surface area contributed by atoms with E-state index in [4.69, 9.17) is 0 Å². The zero-order valence-electron chi connectivity index (χ0n) is 12.7. The van der Waals surface area contributed by atoms with E-state index in [0.29, 0.717) is 6.04 Å². The van der Waals surface area contributed by atoms with Crippen molar-refractivity contribution in [2.75, 3.05) is 0 Å². The second-order valence-corrected chi connectivity index (χ2v) is 6.26. The molecule has 0 radical (unpaired) electrons. The first-order valence-electron chi connectivity index (χ1n) is 7.65. The summed E-state index contributed by atoms with van der Waals surface area (Å²) in [6, 6.07) is 2.90. The fourth-order valence-corrected chi connectivity index (χ4v) is 3.17. The van der Waals surface area contributed by atoms with Crippen LogP contribution in [-0.4, -0.2) is 20.8 Å². The number of hydrogen-bond acceptors (Lipinski definition) is 3. The Morgan fingerprint density at radius 1 is 1.30 bits per heavy atom. The van der Waals surface area contributed by atoms with Gasteiger partial charge in [0.2, 0.25) is 0 Å². The van der Waals surface area contributed by atoms with E-state index >= 15 is 0 Å². The van der Waals surface area contributed by atoms with Crippen molar-refractivity contribution in [3.05, 3.63) is 23.5 Å². The lowest BCUT2D eigenvalue weighted by atomic mass is 9.87. The molecular weight excluding hydrogens is 248 g/mol. The number of aryl methyl sites for hydroxylation is 2. The number of nitrogens with one attached hydrogen (secondary N) is 1. The Morgan fingerprint density at radius 3 is 2.80 bits per heavy atom. The number of hydrogen-bond donors (Lipinski definition) is 1. The zero-order chi connectivity index (χ0) is 14.1. The molecule has 4 heteroatoms. The van der Waals surface area contributed by atoms with Crippen molar-refractivity contribution in [2.24, 2.45) is 13.0 Å². The van der Waals surface area contributed by atoms with Gasteiger partial charge >= 0.3 is 0 Å². The van der Waals surface area contributed by atoms with Crippen molar-refractivity contribution < 1.29 is 0 Å². The van der Waals surface area contributed by atoms with E-state index in [0.717, 1.165) is 23.8 Å². The molecule has 0 spiro atoms. The van der Waals surface area contributed by atoms with Crippen molar-refractivity contribution in [3.8, 4) is 0 Å². The van der Waals surface area contributed by atoms with Crippen LogP contribution in [0.15, 0.2) is 12.3 Å². The van der Waals surface area contributed by atoms with Gasteiger partial charge in [-0.15, -0.1) is 0 Å². The predicted molar refractivity (Wildman–Crippen MR) is 81.5 cm³/mol. The lowest BCUT2D eigenvalue weighted by Gasteiger charge is -2.27. The standard InChI is InChI=1S/C16H24N4/c1-11-4-6-14(7-5-11)17-9-13-8-15-12(2)19-20(3)16(15)18-10-13/h8,10-11,14,17H,4-7,9H2,1-3H3. The molecule has 0 aliphatic heterocycles. The van der Waals surface area contributed by atoms with Gasteiger partial charge in [-0.05, 0) is 50.2 Å². The summed E-state index contributed by atoms with van der Waals surface area (Å²) in [5, 5.41) is 9.28. The van der Waals surface area contributed by atoms with E-state index in [1.54, 1.807) is 0 Å². The van der Waals surface area contributed by atoms with E-state index < -0.39 is 0 Å². The Hall–Kier alpha value is -1.42. The first-order valence-corrected chi connectivity index (χ1v) is 7.65. The highest BCUT2D eigenvalue weighted by Crippen LogP contribution is 2.24. The third kappa shape index (κ3) is 2.70. The quantitative estimate of drug-likeness (QED) is 0.934. The average Bonchev–Trinajstić information content (AvgIpc) is 2.73. The number of rotatable bonds is 3. The second kappa shape index (κ2) is 5.52. The molecule has 0 amide bonds. The molecule has 1 fully saturated rings. The number of fused-ring (bicyclic) bond motifs is 1. The maximum atomic E-state index is 4.54. The molecule has 0 saturated heterocycles. The van der Waals surface area contributed by atoms with E-state index in [9.17, 15) is 0 Å². The Kier molecular flexibility index (Phi) is 3.74. The fraction of sp³-hybridized carbons (Fsp3) is 0.625. The van der Waals surface area contributed by atoms with Gasteiger partial charge in [0.1, 0.15) is 0 Å². The van der Waals surface area contributed by atoms with Crippen LogP contribution in [0.5, 0.6) is 0 Å². The van der Waals surface area contributed by atoms with Gasteiger partial charge in [0.05, 0.1) is 5.69 Å². The molecule has 2 aromatic heterocycles. The topological polar surface area (TPSA) is 42.7 Å². The van der Waals surface area contributed by atoms with Crippen molar-refractivity contribution >= 4 is 11.0 Å². The van der Waals surface area contributed by atoms with Crippen molar-refractivity contribution in [3.63, 3.8) is 0 Å². The van der Waals surface area contributed by atoms with Gasteiger partial charge in [-0.3, -0.25) is 4.68 Å². The molecular formula is C16H24N4. The minimum atomic E-state index is 0.678. The van der Waals surface area contributed by atoms with E-state index in [1.807, 2.05) is 24.9 Å². The molecule has 0 unspecified atom stereocenters. The molecule has 3 rings (SSSR count). The van der Waals surface area contributed by atoms with Crippen LogP contribution >= 0.6 is 0 Å². The largest absolute Gasteiger partial charge is 0.310 e. The normalized spacial score (nSPS) is 23.4. The van der Waals surface area contributed by atoms with E-state index in [1.165, 1.54) is 36.6 Å². The summed E-state index contributed by atoms with van der Waals surface area (Å²) in [6.45, 7) is 5.32. The summed E-state index contributed by atoms with van der Waals surface area (Å²) in [4.78, 5) is 4.54. The molecule has 1 N–H and O–H groups in total. The summed E-state index contributed by atoms with van der Waals surface area (Å²) in [6.07, 6.45) is 7.31. The highest BCUT2D eigenvalue weighted by Gasteiger charge is 2.17. The van der Waals surface area contributed by atoms with Crippen molar-refractivity contribution in [2.45, 2.75) is 52.1 Å². The number of nitrogens with zero attached hydrogens (tertiary/aromatic N) is 3. The van der Waals surface area contributed by atoms with Crippen LogP contribution in [0.25, 0.3) is 11.0 Å². The third-order valence-electron chi connectivity index (χ3n) is 4.53. The predicted octanol–water partition coefficient (Wildman–Crippen LogP) is 2.95. The maximum Gasteiger partial charge on any atom is 0.157 e. The van der Waals surface area contributed by atoms with Crippen LogP contribution in [0.4, 0.5) is 0 Å². The van der Waals surface area contributed by atoms with Gasteiger partial charge in [0.15, 0.2) is 5.65 Å². The molecule has 1 aliphatic rings. The minimum absolute atomic E-state index is 0.678. The molecule has 108 valence electrons. The molecule has 0 atom stereocenters. The Bertz CT molecular complexity index is 594. The van der Waals surface area contributed by atoms with Crippen molar-refractivity contribution in [1.82, 2.24) is 20.1 Å². The third-order valence-corrected chi connectivity index (χ3v) is 4.53. The van der Waals surface area contributed by atoms with Crippen LogP contribution in [0, 0.1) is 12.8 Å². The first-order chi connectivity index (χ1) is 9.63. The Labute approximate surface area is 120 Å². The average molecular weight is 272 g/mol. The van der Waals surface area contributed by atoms with Gasteiger partial charge in [-0.1, -0.05) is 6.92 Å². The Morgan fingerprint density at radius 2 is 2.05 bits per heavy atom. The second-order valence-electron chi connectivity index (χ2n) is 6.26. The maximum absolute atomic E-state index is 4.54. The Balaban J connectivity index is 1.67. The minimum Gasteiger partial charge on any atom is -0.310 e. The number of aromatic nitrogens is 3. The molecule has 0 aromatic carbocycles. The van der Waals surface area contributed by atoms with Gasteiger partial charge in [-0.25, -0.2) is 4.98 Å². The molecule has 0 bridgehead atoms. The van der Waals surface area contributed by atoms with Gasteiger partial charge in [-0.2, -0.15) is 5.10 Å². The monoisotopic (exact) mass is 272 g/mol. The summed E-state index contributed by atoms with van der Waals surface area (Å²) in [5.74, 6) is 0.907. The SMILES string of the molecule is Cc1nn(C)c2ncc(CNC3CCC(C)CC3)cc12. The highest BCUT2D eigenvalue weighted by molar-refractivity contribution is 5.78. The first kappa shape index (κ1) is 13.6. The summed E-state index contributed by atoms with van der Waals surface area (Å²) < 4.78 is 1.85. The lowest BCUT2D eigenvalue weighted by Crippen LogP contribution is -2.32. The molecule has 4 nitrogen and oxygen atoms in total. The summed E-state index contributed by atoms with van der Waals surface area (Å²) in [5.41, 5.74) is 3.29. The smallest absolute Gasteiger partial charge is 0.157 e. The van der Waals surface area contributed by atoms with Crippen LogP contribution in [0.3, 0.4) is 0 Å². The van der Waals surface area contributed by atoms with Crippen LogP contribution < -0.4 is 5.32 Å². The summed E-state index contributed by atoms with van der Waals surface area (Å²) >= 11 is 0. The molecule has 2 heterocycles. The van der Waals surface area contributed by atoms with Gasteiger partial charge in [0.25, 0.3) is 0 Å². The van der Waals surface area contributed by atoms with E-state index in [-0.39, 0.29) is 0 Å². The number of pyridine rings is 1. The van der Waals surface area contributed by atoms with Gasteiger partial charge < -0.3 is 5.32 Å². The highest BCUT2D eigenvalue weighted by atomic mass is 15.3. The molecule has 1 aliphatic carbocycles.